The summed E-state index contributed by atoms with van der Waals surface area (Å²) >= 11 is 5.96. The average Bonchev–Trinajstić information content (AvgIpc) is 3.07. The predicted octanol–water partition coefficient (Wildman–Crippen LogP) is 4.18. The Morgan fingerprint density at radius 2 is 2.07 bits per heavy atom. The average molecular weight is 387 g/mol. The van der Waals surface area contributed by atoms with Gasteiger partial charge in [0.25, 0.3) is 5.91 Å². The number of carbonyl (C=O) groups is 1. The second-order valence-electron chi connectivity index (χ2n) is 5.65. The van der Waals surface area contributed by atoms with Gasteiger partial charge >= 0.3 is 0 Å². The van der Waals surface area contributed by atoms with Gasteiger partial charge in [-0.2, -0.15) is 0 Å². The molecule has 0 unspecified atom stereocenters. The van der Waals surface area contributed by atoms with Crippen molar-refractivity contribution in [3.63, 3.8) is 0 Å². The first kappa shape index (κ1) is 18.8. The van der Waals surface area contributed by atoms with E-state index in [1.54, 1.807) is 37.5 Å². The van der Waals surface area contributed by atoms with Gasteiger partial charge < -0.3 is 19.2 Å². The molecule has 27 heavy (non-hydrogen) atoms. The Labute approximate surface area is 161 Å². The zero-order valence-corrected chi connectivity index (χ0v) is 15.7. The number of nitrogens with one attached hydrogen (secondary N) is 1. The number of aromatic nitrogens is 1. The summed E-state index contributed by atoms with van der Waals surface area (Å²) in [5, 5.41) is 3.29. The monoisotopic (exact) mass is 386 g/mol. The summed E-state index contributed by atoms with van der Waals surface area (Å²) in [7, 11) is 1.55. The van der Waals surface area contributed by atoms with E-state index in [0.717, 1.165) is 5.56 Å². The molecular formula is C20H19ClN2O4. The normalized spacial score (nSPS) is 11.1. The fraction of sp³-hybridized carbons (Fsp3) is 0.200. The fourth-order valence-corrected chi connectivity index (χ4v) is 2.62. The SMILES string of the molecule is CCNC(=O)COc1ccc(/C=C/c2nc3cc(Cl)ccc3o2)cc1OC. The quantitative estimate of drug-likeness (QED) is 0.659. The lowest BCUT2D eigenvalue weighted by Crippen LogP contribution is -2.28. The minimum atomic E-state index is -0.181. The first-order valence-corrected chi connectivity index (χ1v) is 8.78. The minimum Gasteiger partial charge on any atom is -0.493 e. The second-order valence-corrected chi connectivity index (χ2v) is 6.09. The summed E-state index contributed by atoms with van der Waals surface area (Å²) in [6.07, 6.45) is 3.61. The Balaban J connectivity index is 1.74. The van der Waals surface area contributed by atoms with Gasteiger partial charge in [-0.3, -0.25) is 4.79 Å². The van der Waals surface area contributed by atoms with Crippen molar-refractivity contribution in [1.29, 1.82) is 0 Å². The molecule has 6 nitrogen and oxygen atoms in total. The number of halogens is 1. The largest absolute Gasteiger partial charge is 0.493 e. The van der Waals surface area contributed by atoms with Crippen LogP contribution < -0.4 is 14.8 Å². The number of likely N-dealkylation sites (N-methyl/N-ethyl adjacent to an activating group) is 1. The molecule has 0 spiro atoms. The molecule has 2 aromatic carbocycles. The molecule has 140 valence electrons. The number of methoxy groups -OCH3 is 1. The predicted molar refractivity (Wildman–Crippen MR) is 105 cm³/mol. The number of nitrogens with zero attached hydrogens (tertiary/aromatic N) is 1. The third-order valence-corrected chi connectivity index (χ3v) is 3.94. The Morgan fingerprint density at radius 1 is 1.22 bits per heavy atom. The highest BCUT2D eigenvalue weighted by molar-refractivity contribution is 6.31. The van der Waals surface area contributed by atoms with Crippen molar-refractivity contribution >= 4 is 40.8 Å². The summed E-state index contributed by atoms with van der Waals surface area (Å²) in [5.74, 6) is 1.32. The smallest absolute Gasteiger partial charge is 0.257 e. The number of carbonyl (C=O) groups excluding carboxylic acids is 1. The van der Waals surface area contributed by atoms with Crippen LogP contribution >= 0.6 is 11.6 Å². The van der Waals surface area contributed by atoms with Gasteiger partial charge in [-0.1, -0.05) is 17.7 Å². The molecule has 1 N–H and O–H groups in total. The molecule has 3 rings (SSSR count). The van der Waals surface area contributed by atoms with Gasteiger partial charge in [0.05, 0.1) is 7.11 Å². The van der Waals surface area contributed by atoms with Gasteiger partial charge in [-0.05, 0) is 48.9 Å². The highest BCUT2D eigenvalue weighted by atomic mass is 35.5. The van der Waals surface area contributed by atoms with Crippen molar-refractivity contribution in [1.82, 2.24) is 10.3 Å². The van der Waals surface area contributed by atoms with Crippen LogP contribution in [0, 0.1) is 0 Å². The Hall–Kier alpha value is -2.99. The maximum Gasteiger partial charge on any atom is 0.257 e. The third kappa shape index (κ3) is 4.80. The molecule has 0 atom stereocenters. The Kier molecular flexibility index (Phi) is 5.98. The number of rotatable bonds is 7. The van der Waals surface area contributed by atoms with Gasteiger partial charge in [0.15, 0.2) is 23.7 Å². The van der Waals surface area contributed by atoms with E-state index in [1.165, 1.54) is 0 Å². The molecule has 0 saturated heterocycles. The van der Waals surface area contributed by atoms with E-state index in [1.807, 2.05) is 25.1 Å². The third-order valence-electron chi connectivity index (χ3n) is 3.70. The zero-order chi connectivity index (χ0) is 19.2. The highest BCUT2D eigenvalue weighted by Crippen LogP contribution is 2.29. The summed E-state index contributed by atoms with van der Waals surface area (Å²) < 4.78 is 16.5. The lowest BCUT2D eigenvalue weighted by molar-refractivity contribution is -0.123. The Bertz CT molecular complexity index is 981. The van der Waals surface area contributed by atoms with Crippen molar-refractivity contribution in [3.05, 3.63) is 52.9 Å². The summed E-state index contributed by atoms with van der Waals surface area (Å²) in [4.78, 5) is 15.9. The van der Waals surface area contributed by atoms with Crippen LogP contribution in [0.5, 0.6) is 11.5 Å². The Morgan fingerprint density at radius 3 is 2.85 bits per heavy atom. The molecule has 1 heterocycles. The van der Waals surface area contributed by atoms with Crippen molar-refractivity contribution in [2.75, 3.05) is 20.3 Å². The standard InChI is InChI=1S/C20H19ClN2O4/c1-3-22-19(24)12-26-17-7-4-13(10-18(17)25-2)5-9-20-23-15-11-14(21)6-8-16(15)27-20/h4-11H,3,12H2,1-2H3,(H,22,24)/b9-5+. The zero-order valence-electron chi connectivity index (χ0n) is 15.0. The molecule has 1 amide bonds. The number of benzene rings is 2. The molecule has 0 fully saturated rings. The van der Waals surface area contributed by atoms with Crippen molar-refractivity contribution < 1.29 is 18.7 Å². The number of fused-ring (bicyclic) bond motifs is 1. The highest BCUT2D eigenvalue weighted by Gasteiger charge is 2.08. The number of ether oxygens (including phenoxy) is 2. The molecule has 1 aromatic heterocycles. The lowest BCUT2D eigenvalue weighted by Gasteiger charge is -2.11. The van der Waals surface area contributed by atoms with Crippen molar-refractivity contribution in [2.45, 2.75) is 6.92 Å². The first-order valence-electron chi connectivity index (χ1n) is 8.40. The van der Waals surface area contributed by atoms with Crippen LogP contribution in [-0.2, 0) is 4.79 Å². The molecule has 0 aliphatic heterocycles. The van der Waals surface area contributed by atoms with E-state index in [9.17, 15) is 4.79 Å². The molecule has 0 aliphatic carbocycles. The number of hydrogen-bond donors (Lipinski definition) is 1. The van der Waals surface area contributed by atoms with Gasteiger partial charge in [0.2, 0.25) is 5.89 Å². The van der Waals surface area contributed by atoms with E-state index in [4.69, 9.17) is 25.5 Å². The molecule has 7 heteroatoms. The van der Waals surface area contributed by atoms with Crippen molar-refractivity contribution in [2.24, 2.45) is 0 Å². The van der Waals surface area contributed by atoms with Gasteiger partial charge in [0, 0.05) is 17.6 Å². The molecule has 0 aliphatic rings. The van der Waals surface area contributed by atoms with E-state index in [0.29, 0.717) is 40.1 Å². The van der Waals surface area contributed by atoms with E-state index < -0.39 is 0 Å². The minimum absolute atomic E-state index is 0.0646. The van der Waals surface area contributed by atoms with Crippen LogP contribution in [0.25, 0.3) is 23.3 Å². The summed E-state index contributed by atoms with van der Waals surface area (Å²) in [6, 6.07) is 10.7. The molecule has 0 bridgehead atoms. The fourth-order valence-electron chi connectivity index (χ4n) is 2.46. The molecule has 0 saturated carbocycles. The van der Waals surface area contributed by atoms with Crippen LogP contribution in [0.4, 0.5) is 0 Å². The van der Waals surface area contributed by atoms with Crippen LogP contribution in [-0.4, -0.2) is 31.2 Å². The summed E-state index contributed by atoms with van der Waals surface area (Å²) in [6.45, 7) is 2.35. The van der Waals surface area contributed by atoms with Crippen LogP contribution in [0.15, 0.2) is 40.8 Å². The van der Waals surface area contributed by atoms with Crippen molar-refractivity contribution in [3.8, 4) is 11.5 Å². The van der Waals surface area contributed by atoms with Gasteiger partial charge in [-0.15, -0.1) is 0 Å². The maximum absolute atomic E-state index is 11.5. The maximum atomic E-state index is 11.5. The molecule has 3 aromatic rings. The van der Waals surface area contributed by atoms with E-state index >= 15 is 0 Å². The van der Waals surface area contributed by atoms with Crippen LogP contribution in [0.3, 0.4) is 0 Å². The van der Waals surface area contributed by atoms with Gasteiger partial charge in [0.1, 0.15) is 5.52 Å². The summed E-state index contributed by atoms with van der Waals surface area (Å²) in [5.41, 5.74) is 2.25. The molecular weight excluding hydrogens is 368 g/mol. The second kappa shape index (κ2) is 8.60. The van der Waals surface area contributed by atoms with Gasteiger partial charge in [-0.25, -0.2) is 4.98 Å². The molecule has 0 radical (unpaired) electrons. The number of amides is 1. The first-order chi connectivity index (χ1) is 13.1. The number of hydrogen-bond acceptors (Lipinski definition) is 5. The topological polar surface area (TPSA) is 73.6 Å². The van der Waals surface area contributed by atoms with Crippen LogP contribution in [0.2, 0.25) is 5.02 Å². The van der Waals surface area contributed by atoms with Crippen LogP contribution in [0.1, 0.15) is 18.4 Å². The lowest BCUT2D eigenvalue weighted by atomic mass is 10.2. The van der Waals surface area contributed by atoms with E-state index in [2.05, 4.69) is 10.3 Å². The number of oxazole rings is 1. The van der Waals surface area contributed by atoms with E-state index in [-0.39, 0.29) is 12.5 Å².